The first-order chi connectivity index (χ1) is 14.4. The average Bonchev–Trinajstić information content (AvgIpc) is 2.72. The SMILES string of the molecule is COCCS(=O)(=O)Nc1ccc(C(F)(F)F)cc1C(=O)NC12CCC(C#N)(CC1)CC2. The zero-order valence-electron chi connectivity index (χ0n) is 17.0. The number of nitrogens with one attached hydrogen (secondary N) is 2. The normalized spacial score (nSPS) is 25.6. The number of fused-ring (bicyclic) bond motifs is 3. The molecular formula is C20H24F3N3O4S. The number of benzene rings is 1. The van der Waals surface area contributed by atoms with Crippen molar-refractivity contribution in [3.05, 3.63) is 29.3 Å². The fourth-order valence-electron chi connectivity index (χ4n) is 4.26. The zero-order chi connectivity index (χ0) is 22.9. The van der Waals surface area contributed by atoms with Crippen LogP contribution in [0.4, 0.5) is 18.9 Å². The highest BCUT2D eigenvalue weighted by molar-refractivity contribution is 7.92. The van der Waals surface area contributed by atoms with Crippen molar-refractivity contribution in [2.75, 3.05) is 24.2 Å². The Kier molecular flexibility index (Phi) is 6.26. The molecule has 3 aliphatic rings. The molecule has 0 radical (unpaired) electrons. The number of sulfonamides is 1. The van der Waals surface area contributed by atoms with Gasteiger partial charge < -0.3 is 10.1 Å². The molecule has 170 valence electrons. The molecule has 0 unspecified atom stereocenters. The smallest absolute Gasteiger partial charge is 0.384 e. The van der Waals surface area contributed by atoms with Crippen LogP contribution >= 0.6 is 0 Å². The van der Waals surface area contributed by atoms with Crippen LogP contribution < -0.4 is 10.0 Å². The Labute approximate surface area is 179 Å². The van der Waals surface area contributed by atoms with Crippen molar-refractivity contribution in [1.29, 1.82) is 5.26 Å². The summed E-state index contributed by atoms with van der Waals surface area (Å²) in [6.07, 6.45) is -1.18. The first-order valence-electron chi connectivity index (χ1n) is 9.88. The maximum absolute atomic E-state index is 13.2. The summed E-state index contributed by atoms with van der Waals surface area (Å²) in [4.78, 5) is 13.0. The lowest BCUT2D eigenvalue weighted by Crippen LogP contribution is -2.56. The molecule has 0 aliphatic heterocycles. The largest absolute Gasteiger partial charge is 0.416 e. The molecule has 11 heteroatoms. The van der Waals surface area contributed by atoms with Gasteiger partial charge in [-0.3, -0.25) is 9.52 Å². The minimum Gasteiger partial charge on any atom is -0.384 e. The second-order valence-corrected chi connectivity index (χ2v) is 10.1. The van der Waals surface area contributed by atoms with Crippen molar-refractivity contribution in [3.8, 4) is 6.07 Å². The number of hydrogen-bond acceptors (Lipinski definition) is 5. The van der Waals surface area contributed by atoms with Crippen molar-refractivity contribution >= 4 is 21.6 Å². The van der Waals surface area contributed by atoms with Crippen molar-refractivity contribution < 1.29 is 31.1 Å². The van der Waals surface area contributed by atoms with Gasteiger partial charge >= 0.3 is 6.18 Å². The first-order valence-corrected chi connectivity index (χ1v) is 11.5. The van der Waals surface area contributed by atoms with Gasteiger partial charge in [-0.25, -0.2) is 8.42 Å². The summed E-state index contributed by atoms with van der Waals surface area (Å²) >= 11 is 0. The van der Waals surface area contributed by atoms with E-state index in [9.17, 15) is 31.6 Å². The molecule has 0 heterocycles. The molecule has 1 aromatic carbocycles. The van der Waals surface area contributed by atoms with Crippen LogP contribution in [-0.2, 0) is 20.9 Å². The van der Waals surface area contributed by atoms with Gasteiger partial charge in [0.1, 0.15) is 0 Å². The standard InChI is InChI=1S/C20H24F3N3O4S/c1-30-10-11-31(28,29)26-16-3-2-14(20(21,22)23)12-15(16)17(27)25-19-7-4-18(13-24,5-8-19)6-9-19/h2-3,12,26H,4-11H2,1H3,(H,25,27). The Hall–Kier alpha value is -2.32. The Morgan fingerprint density at radius 2 is 1.81 bits per heavy atom. The Morgan fingerprint density at radius 3 is 2.32 bits per heavy atom. The predicted molar refractivity (Wildman–Crippen MR) is 107 cm³/mol. The molecule has 1 aromatic rings. The van der Waals surface area contributed by atoms with Crippen LogP contribution in [-0.4, -0.2) is 39.3 Å². The van der Waals surface area contributed by atoms with E-state index in [0.29, 0.717) is 44.6 Å². The number of anilines is 1. The summed E-state index contributed by atoms with van der Waals surface area (Å²) in [6, 6.07) is 4.69. The van der Waals surface area contributed by atoms with Gasteiger partial charge in [0.2, 0.25) is 10.0 Å². The van der Waals surface area contributed by atoms with Crippen LogP contribution in [0.15, 0.2) is 18.2 Å². The van der Waals surface area contributed by atoms with Crippen LogP contribution in [0.3, 0.4) is 0 Å². The number of rotatable bonds is 7. The van der Waals surface area contributed by atoms with E-state index in [4.69, 9.17) is 4.74 Å². The molecule has 3 fully saturated rings. The highest BCUT2D eigenvalue weighted by atomic mass is 32.2. The van der Waals surface area contributed by atoms with Crippen LogP contribution in [0.25, 0.3) is 0 Å². The summed E-state index contributed by atoms with van der Waals surface area (Å²) in [5.74, 6) is -1.19. The fraction of sp³-hybridized carbons (Fsp3) is 0.600. The lowest BCUT2D eigenvalue weighted by molar-refractivity contribution is -0.137. The van der Waals surface area contributed by atoms with Crippen LogP contribution in [0.5, 0.6) is 0 Å². The van der Waals surface area contributed by atoms with E-state index in [1.54, 1.807) is 0 Å². The third kappa shape index (κ3) is 5.13. The number of ether oxygens (including phenoxy) is 1. The van der Waals surface area contributed by atoms with E-state index in [-0.39, 0.29) is 17.7 Å². The number of nitriles is 1. The van der Waals surface area contributed by atoms with Gasteiger partial charge in [-0.1, -0.05) is 0 Å². The minimum absolute atomic E-state index is 0.110. The molecule has 0 atom stereocenters. The summed E-state index contributed by atoms with van der Waals surface area (Å²) in [5, 5.41) is 12.3. The minimum atomic E-state index is -4.69. The highest BCUT2D eigenvalue weighted by Crippen LogP contribution is 2.52. The van der Waals surface area contributed by atoms with Crippen LogP contribution in [0.1, 0.15) is 54.4 Å². The zero-order valence-corrected chi connectivity index (χ0v) is 17.8. The van der Waals surface area contributed by atoms with Gasteiger partial charge in [0, 0.05) is 12.6 Å². The summed E-state index contributed by atoms with van der Waals surface area (Å²) in [5.41, 5.74) is -2.66. The number of amides is 1. The van der Waals surface area contributed by atoms with Crippen LogP contribution in [0.2, 0.25) is 0 Å². The molecule has 2 bridgehead atoms. The quantitative estimate of drug-likeness (QED) is 0.649. The van der Waals surface area contributed by atoms with E-state index >= 15 is 0 Å². The topological polar surface area (TPSA) is 108 Å². The highest BCUT2D eigenvalue weighted by Gasteiger charge is 2.49. The van der Waals surface area contributed by atoms with E-state index in [1.807, 2.05) is 0 Å². The Morgan fingerprint density at radius 1 is 1.19 bits per heavy atom. The van der Waals surface area contributed by atoms with Crippen molar-refractivity contribution in [3.63, 3.8) is 0 Å². The number of carbonyl (C=O) groups excluding carboxylic acids is 1. The summed E-state index contributed by atoms with van der Waals surface area (Å²) in [6.45, 7) is -0.110. The molecule has 4 rings (SSSR count). The second kappa shape index (κ2) is 8.31. The van der Waals surface area contributed by atoms with Gasteiger partial charge in [0.15, 0.2) is 0 Å². The third-order valence-electron chi connectivity index (χ3n) is 6.28. The number of alkyl halides is 3. The Balaban J connectivity index is 1.89. The number of nitrogens with zero attached hydrogens (tertiary/aromatic N) is 1. The Bertz CT molecular complexity index is 977. The van der Waals surface area contributed by atoms with Gasteiger partial charge in [-0.15, -0.1) is 0 Å². The molecule has 3 aliphatic carbocycles. The average molecular weight is 459 g/mol. The first kappa shape index (κ1) is 23.3. The molecule has 2 N–H and O–H groups in total. The van der Waals surface area contributed by atoms with Crippen molar-refractivity contribution in [2.45, 2.75) is 50.2 Å². The number of methoxy groups -OCH3 is 1. The van der Waals surface area contributed by atoms with E-state index in [1.165, 1.54) is 7.11 Å². The van der Waals surface area contributed by atoms with Gasteiger partial charge in [0.05, 0.1) is 40.7 Å². The van der Waals surface area contributed by atoms with E-state index in [0.717, 1.165) is 12.1 Å². The molecular weight excluding hydrogens is 435 g/mol. The van der Waals surface area contributed by atoms with Crippen molar-refractivity contribution in [2.24, 2.45) is 5.41 Å². The third-order valence-corrected chi connectivity index (χ3v) is 7.51. The van der Waals surface area contributed by atoms with E-state index < -0.39 is 44.5 Å². The van der Waals surface area contributed by atoms with E-state index in [2.05, 4.69) is 16.1 Å². The monoisotopic (exact) mass is 459 g/mol. The molecule has 1 amide bonds. The second-order valence-electron chi connectivity index (χ2n) is 8.30. The fourth-order valence-corrected chi connectivity index (χ4v) is 5.26. The molecule has 0 saturated heterocycles. The van der Waals surface area contributed by atoms with Crippen LogP contribution in [0, 0.1) is 16.7 Å². The summed E-state index contributed by atoms with van der Waals surface area (Å²) in [7, 11) is -2.61. The predicted octanol–water partition coefficient (Wildman–Crippen LogP) is 3.44. The van der Waals surface area contributed by atoms with Gasteiger partial charge in [-0.05, 0) is 56.7 Å². The van der Waals surface area contributed by atoms with Gasteiger partial charge in [-0.2, -0.15) is 18.4 Å². The van der Waals surface area contributed by atoms with Crippen molar-refractivity contribution in [1.82, 2.24) is 5.32 Å². The van der Waals surface area contributed by atoms with Gasteiger partial charge in [0.25, 0.3) is 5.91 Å². The lowest BCUT2D eigenvalue weighted by Gasteiger charge is -2.50. The molecule has 7 nitrogen and oxygen atoms in total. The summed E-state index contributed by atoms with van der Waals surface area (Å²) < 4.78 is 71.1. The maximum Gasteiger partial charge on any atom is 0.416 e. The number of carbonyl (C=O) groups is 1. The molecule has 31 heavy (non-hydrogen) atoms. The molecule has 3 saturated carbocycles. The maximum atomic E-state index is 13.2. The molecule has 0 aromatic heterocycles. The lowest BCUT2D eigenvalue weighted by atomic mass is 9.58. The number of halogens is 3. The number of hydrogen-bond donors (Lipinski definition) is 2. The molecule has 0 spiro atoms.